The number of amides is 1. The average molecular weight is 552 g/mol. The first-order valence-electron chi connectivity index (χ1n) is 9.99. The lowest BCUT2D eigenvalue weighted by molar-refractivity contribution is 0.0827. The zero-order valence-electron chi connectivity index (χ0n) is 17.8. The van der Waals surface area contributed by atoms with E-state index in [1.807, 2.05) is 36.4 Å². The lowest BCUT2D eigenvalue weighted by atomic mass is 10.1. The van der Waals surface area contributed by atoms with Crippen molar-refractivity contribution in [1.82, 2.24) is 15.5 Å². The molecule has 2 heterocycles. The van der Waals surface area contributed by atoms with Gasteiger partial charge in [0.05, 0.1) is 12.8 Å². The van der Waals surface area contributed by atoms with Gasteiger partial charge in [0.15, 0.2) is 5.96 Å². The van der Waals surface area contributed by atoms with Crippen LogP contribution in [0.5, 0.6) is 0 Å². The highest BCUT2D eigenvalue weighted by molar-refractivity contribution is 14.0. The van der Waals surface area contributed by atoms with E-state index < -0.39 is 0 Å². The minimum absolute atomic E-state index is 0. The molecule has 2 aromatic heterocycles. The Morgan fingerprint density at radius 3 is 2.39 bits per heavy atom. The molecule has 0 saturated heterocycles. The highest BCUT2D eigenvalue weighted by atomic mass is 127. The Hall–Kier alpha value is -2.33. The van der Waals surface area contributed by atoms with Gasteiger partial charge in [0, 0.05) is 44.0 Å². The first-order chi connectivity index (χ1) is 14.6. The SMILES string of the molecule is CN(C)C(=O)c1ccc(CN=C(NCCc2ccco2)NCCc2cccs2)cc1.I. The van der Waals surface area contributed by atoms with Gasteiger partial charge in [-0.3, -0.25) is 4.79 Å². The van der Waals surface area contributed by atoms with E-state index in [4.69, 9.17) is 9.41 Å². The molecule has 6 nitrogen and oxygen atoms in total. The number of hydrogen-bond acceptors (Lipinski definition) is 4. The summed E-state index contributed by atoms with van der Waals surface area (Å²) in [6, 6.07) is 15.7. The molecule has 166 valence electrons. The topological polar surface area (TPSA) is 69.9 Å². The third-order valence-electron chi connectivity index (χ3n) is 4.51. The van der Waals surface area contributed by atoms with Gasteiger partial charge in [-0.25, -0.2) is 4.99 Å². The third kappa shape index (κ3) is 8.37. The second-order valence-electron chi connectivity index (χ2n) is 7.07. The van der Waals surface area contributed by atoms with Crippen LogP contribution in [0.2, 0.25) is 0 Å². The van der Waals surface area contributed by atoms with Crippen molar-refractivity contribution in [2.75, 3.05) is 27.2 Å². The lowest BCUT2D eigenvalue weighted by Crippen LogP contribution is -2.39. The Balaban J connectivity index is 0.00000341. The summed E-state index contributed by atoms with van der Waals surface area (Å²) in [5.74, 6) is 1.72. The van der Waals surface area contributed by atoms with Crippen LogP contribution in [0.1, 0.15) is 26.6 Å². The molecular formula is C23H29IN4O2S. The molecule has 3 aromatic rings. The summed E-state index contributed by atoms with van der Waals surface area (Å²) in [6.45, 7) is 2.07. The fourth-order valence-electron chi connectivity index (χ4n) is 2.87. The van der Waals surface area contributed by atoms with Crippen LogP contribution >= 0.6 is 35.3 Å². The Bertz CT molecular complexity index is 881. The van der Waals surface area contributed by atoms with Crippen molar-refractivity contribution in [1.29, 1.82) is 0 Å². The van der Waals surface area contributed by atoms with E-state index in [1.165, 1.54) is 4.88 Å². The van der Waals surface area contributed by atoms with Crippen LogP contribution < -0.4 is 10.6 Å². The maximum atomic E-state index is 12.0. The maximum absolute atomic E-state index is 12.0. The Labute approximate surface area is 204 Å². The minimum atomic E-state index is 0. The fourth-order valence-corrected chi connectivity index (χ4v) is 3.58. The van der Waals surface area contributed by atoms with E-state index in [0.717, 1.165) is 43.2 Å². The highest BCUT2D eigenvalue weighted by Gasteiger charge is 2.07. The van der Waals surface area contributed by atoms with Crippen LogP contribution in [0.3, 0.4) is 0 Å². The third-order valence-corrected chi connectivity index (χ3v) is 5.45. The van der Waals surface area contributed by atoms with Gasteiger partial charge in [0.2, 0.25) is 0 Å². The molecule has 0 aliphatic rings. The molecule has 1 amide bonds. The van der Waals surface area contributed by atoms with Gasteiger partial charge < -0.3 is 20.0 Å². The van der Waals surface area contributed by atoms with E-state index in [-0.39, 0.29) is 29.9 Å². The fraction of sp³-hybridized carbons (Fsp3) is 0.304. The van der Waals surface area contributed by atoms with Gasteiger partial charge in [-0.1, -0.05) is 18.2 Å². The number of benzene rings is 1. The molecule has 0 unspecified atom stereocenters. The van der Waals surface area contributed by atoms with Crippen molar-refractivity contribution in [3.63, 3.8) is 0 Å². The predicted octanol–water partition coefficient (Wildman–Crippen LogP) is 4.18. The van der Waals surface area contributed by atoms with Crippen LogP contribution in [0.4, 0.5) is 0 Å². The summed E-state index contributed by atoms with van der Waals surface area (Å²) in [5.41, 5.74) is 1.73. The van der Waals surface area contributed by atoms with E-state index >= 15 is 0 Å². The van der Waals surface area contributed by atoms with Crippen LogP contribution in [0.25, 0.3) is 0 Å². The normalized spacial score (nSPS) is 11.0. The zero-order chi connectivity index (χ0) is 21.2. The predicted molar refractivity (Wildman–Crippen MR) is 137 cm³/mol. The van der Waals surface area contributed by atoms with Crippen LogP contribution in [-0.4, -0.2) is 44.0 Å². The number of nitrogens with zero attached hydrogens (tertiary/aromatic N) is 2. The largest absolute Gasteiger partial charge is 0.469 e. The number of furan rings is 1. The molecule has 0 aliphatic carbocycles. The second-order valence-corrected chi connectivity index (χ2v) is 8.11. The number of carbonyl (C=O) groups excluding carboxylic acids is 1. The number of thiophene rings is 1. The molecular weight excluding hydrogens is 523 g/mol. The summed E-state index contributed by atoms with van der Waals surface area (Å²) in [6.07, 6.45) is 3.44. The summed E-state index contributed by atoms with van der Waals surface area (Å²) >= 11 is 1.76. The number of guanidine groups is 1. The maximum Gasteiger partial charge on any atom is 0.253 e. The molecule has 0 fully saturated rings. The van der Waals surface area contributed by atoms with Crippen molar-refractivity contribution >= 4 is 47.2 Å². The monoisotopic (exact) mass is 552 g/mol. The molecule has 0 aliphatic heterocycles. The lowest BCUT2D eigenvalue weighted by Gasteiger charge is -2.12. The Kier molecular flexibility index (Phi) is 10.6. The number of carbonyl (C=O) groups is 1. The van der Waals surface area contributed by atoms with Crippen LogP contribution in [-0.2, 0) is 19.4 Å². The van der Waals surface area contributed by atoms with E-state index in [0.29, 0.717) is 12.1 Å². The summed E-state index contributed by atoms with van der Waals surface area (Å²) < 4.78 is 5.39. The van der Waals surface area contributed by atoms with Gasteiger partial charge >= 0.3 is 0 Å². The minimum Gasteiger partial charge on any atom is -0.469 e. The van der Waals surface area contributed by atoms with Crippen molar-refractivity contribution in [3.05, 3.63) is 81.9 Å². The standard InChI is InChI=1S/C23H28N4O2S.HI/c1-27(2)22(28)19-9-7-18(8-10-19)17-26-23(24-13-11-20-5-3-15-29-20)25-14-12-21-6-4-16-30-21;/h3-10,15-16H,11-14,17H2,1-2H3,(H2,24,25,26);1H. The Morgan fingerprint density at radius 2 is 1.77 bits per heavy atom. The Morgan fingerprint density at radius 1 is 1.03 bits per heavy atom. The summed E-state index contributed by atoms with van der Waals surface area (Å²) in [5, 5.41) is 8.88. The molecule has 0 bridgehead atoms. The van der Waals surface area contributed by atoms with Crippen LogP contribution in [0, 0.1) is 0 Å². The number of nitrogens with one attached hydrogen (secondary N) is 2. The molecule has 2 N–H and O–H groups in total. The number of aliphatic imine (C=N–C) groups is 1. The second kappa shape index (κ2) is 13.2. The molecule has 0 saturated carbocycles. The van der Waals surface area contributed by atoms with Crippen molar-refractivity contribution in [2.45, 2.75) is 19.4 Å². The van der Waals surface area contributed by atoms with Crippen LogP contribution in [0.15, 0.2) is 69.6 Å². The molecule has 1 aromatic carbocycles. The molecule has 0 spiro atoms. The average Bonchev–Trinajstić information content (AvgIpc) is 3.45. The van der Waals surface area contributed by atoms with E-state index in [9.17, 15) is 4.79 Å². The van der Waals surface area contributed by atoms with E-state index in [1.54, 1.807) is 36.6 Å². The van der Waals surface area contributed by atoms with Crippen molar-refractivity contribution < 1.29 is 9.21 Å². The molecule has 0 radical (unpaired) electrons. The molecule has 8 heteroatoms. The first-order valence-corrected chi connectivity index (χ1v) is 10.9. The first kappa shape index (κ1) is 24.9. The van der Waals surface area contributed by atoms with Gasteiger partial charge in [0.25, 0.3) is 5.91 Å². The smallest absolute Gasteiger partial charge is 0.253 e. The van der Waals surface area contributed by atoms with Gasteiger partial charge in [-0.15, -0.1) is 35.3 Å². The molecule has 31 heavy (non-hydrogen) atoms. The summed E-state index contributed by atoms with van der Waals surface area (Å²) in [7, 11) is 3.51. The molecule has 3 rings (SSSR count). The van der Waals surface area contributed by atoms with E-state index in [2.05, 4.69) is 28.1 Å². The van der Waals surface area contributed by atoms with Gasteiger partial charge in [-0.05, 0) is 47.7 Å². The number of halogens is 1. The summed E-state index contributed by atoms with van der Waals surface area (Å²) in [4.78, 5) is 19.7. The highest BCUT2D eigenvalue weighted by Crippen LogP contribution is 2.09. The number of rotatable bonds is 9. The quantitative estimate of drug-likeness (QED) is 0.238. The van der Waals surface area contributed by atoms with Crippen molar-refractivity contribution in [2.24, 2.45) is 4.99 Å². The van der Waals surface area contributed by atoms with Gasteiger partial charge in [0.1, 0.15) is 5.76 Å². The molecule has 0 atom stereocenters. The number of hydrogen-bond donors (Lipinski definition) is 2. The van der Waals surface area contributed by atoms with Gasteiger partial charge in [-0.2, -0.15) is 0 Å². The zero-order valence-corrected chi connectivity index (χ0v) is 21.0. The van der Waals surface area contributed by atoms with Crippen molar-refractivity contribution in [3.8, 4) is 0 Å².